The van der Waals surface area contributed by atoms with Crippen molar-refractivity contribution in [3.63, 3.8) is 0 Å². The van der Waals surface area contributed by atoms with Crippen LogP contribution in [0, 0.1) is 17.6 Å². The van der Waals surface area contributed by atoms with Gasteiger partial charge < -0.3 is 11.1 Å². The fourth-order valence-corrected chi connectivity index (χ4v) is 2.37. The minimum absolute atomic E-state index is 0.0229. The monoisotopic (exact) mass is 332 g/mol. The maximum atomic E-state index is 14.3. The molecule has 0 aliphatic carbocycles. The quantitative estimate of drug-likeness (QED) is 0.767. The lowest BCUT2D eigenvalue weighted by Crippen LogP contribution is -2.11. The molecule has 0 fully saturated rings. The van der Waals surface area contributed by atoms with E-state index in [0.717, 1.165) is 6.07 Å². The van der Waals surface area contributed by atoms with Gasteiger partial charge >= 0.3 is 0 Å². The van der Waals surface area contributed by atoms with Gasteiger partial charge in [-0.05, 0) is 18.1 Å². The van der Waals surface area contributed by atoms with E-state index in [0.29, 0.717) is 35.3 Å². The molecule has 0 amide bonds. The molecule has 2 aromatic heterocycles. The first kappa shape index (κ1) is 16.1. The fraction of sp³-hybridized carbons (Fsp3) is 0.312. The van der Waals surface area contributed by atoms with Crippen LogP contribution in [-0.2, 0) is 7.05 Å². The van der Waals surface area contributed by atoms with Gasteiger partial charge in [0, 0.05) is 19.2 Å². The van der Waals surface area contributed by atoms with E-state index in [1.807, 2.05) is 13.8 Å². The molecule has 2 heterocycles. The third-order valence-electron chi connectivity index (χ3n) is 3.61. The number of nitrogens with two attached hydrogens (primary N) is 1. The molecule has 0 atom stereocenters. The number of nitrogen functional groups attached to an aromatic ring is 1. The summed E-state index contributed by atoms with van der Waals surface area (Å²) < 4.78 is 29.4. The Balaban J connectivity index is 2.25. The number of rotatable bonds is 4. The Morgan fingerprint density at radius 3 is 2.71 bits per heavy atom. The van der Waals surface area contributed by atoms with E-state index in [9.17, 15) is 8.78 Å². The average molecular weight is 332 g/mol. The normalized spacial score (nSPS) is 11.4. The van der Waals surface area contributed by atoms with Crippen molar-refractivity contribution in [2.75, 3.05) is 17.6 Å². The first-order valence-corrected chi connectivity index (χ1v) is 7.57. The number of hydrogen-bond donors (Lipinski definition) is 2. The largest absolute Gasteiger partial charge is 0.383 e. The molecule has 8 heteroatoms. The van der Waals surface area contributed by atoms with Crippen LogP contribution in [0.15, 0.2) is 18.2 Å². The second-order valence-electron chi connectivity index (χ2n) is 5.98. The molecule has 1 aromatic carbocycles. The predicted molar refractivity (Wildman–Crippen MR) is 89.4 cm³/mol. The number of hydrogen-bond acceptors (Lipinski definition) is 5. The molecule has 0 spiro atoms. The second-order valence-corrected chi connectivity index (χ2v) is 5.98. The van der Waals surface area contributed by atoms with Crippen LogP contribution < -0.4 is 11.1 Å². The summed E-state index contributed by atoms with van der Waals surface area (Å²) in [6, 6.07) is 3.94. The highest BCUT2D eigenvalue weighted by molar-refractivity contribution is 5.98. The van der Waals surface area contributed by atoms with Crippen molar-refractivity contribution < 1.29 is 8.78 Å². The molecule has 3 rings (SSSR count). The SMILES string of the molecule is CC(C)CNc1nc(-c2cccc(F)c2F)c2c(N)n(C)nc2n1. The molecular formula is C16H18F2N6. The zero-order chi connectivity index (χ0) is 17.4. The third-order valence-corrected chi connectivity index (χ3v) is 3.61. The average Bonchev–Trinajstić information content (AvgIpc) is 2.82. The maximum Gasteiger partial charge on any atom is 0.225 e. The molecule has 24 heavy (non-hydrogen) atoms. The molecule has 0 unspecified atom stereocenters. The van der Waals surface area contributed by atoms with Crippen molar-refractivity contribution in [3.05, 3.63) is 29.8 Å². The fourth-order valence-electron chi connectivity index (χ4n) is 2.37. The molecule has 0 bridgehead atoms. The van der Waals surface area contributed by atoms with Crippen LogP contribution >= 0.6 is 0 Å². The Kier molecular flexibility index (Phi) is 4.04. The first-order chi connectivity index (χ1) is 11.4. The maximum absolute atomic E-state index is 14.3. The highest BCUT2D eigenvalue weighted by Gasteiger charge is 2.20. The predicted octanol–water partition coefficient (Wildman–Crippen LogP) is 2.96. The highest BCUT2D eigenvalue weighted by atomic mass is 19.2. The third kappa shape index (κ3) is 2.75. The highest BCUT2D eigenvalue weighted by Crippen LogP contribution is 2.33. The van der Waals surface area contributed by atoms with Gasteiger partial charge in [-0.3, -0.25) is 4.68 Å². The number of halogens is 2. The Hall–Kier alpha value is -2.77. The van der Waals surface area contributed by atoms with Crippen molar-refractivity contribution in [1.29, 1.82) is 0 Å². The van der Waals surface area contributed by atoms with Crippen molar-refractivity contribution in [3.8, 4) is 11.3 Å². The molecular weight excluding hydrogens is 314 g/mol. The zero-order valence-electron chi connectivity index (χ0n) is 13.6. The van der Waals surface area contributed by atoms with Gasteiger partial charge in [0.2, 0.25) is 5.95 Å². The summed E-state index contributed by atoms with van der Waals surface area (Å²) in [5, 5.41) is 7.70. The van der Waals surface area contributed by atoms with E-state index in [1.165, 1.54) is 16.8 Å². The summed E-state index contributed by atoms with van der Waals surface area (Å²) >= 11 is 0. The number of aryl methyl sites for hydroxylation is 1. The minimum Gasteiger partial charge on any atom is -0.383 e. The van der Waals surface area contributed by atoms with E-state index in [4.69, 9.17) is 5.73 Å². The van der Waals surface area contributed by atoms with E-state index < -0.39 is 11.6 Å². The van der Waals surface area contributed by atoms with Crippen LogP contribution in [0.4, 0.5) is 20.5 Å². The summed E-state index contributed by atoms with van der Waals surface area (Å²) in [5.41, 5.74) is 6.59. The van der Waals surface area contributed by atoms with E-state index in [-0.39, 0.29) is 11.3 Å². The van der Waals surface area contributed by atoms with Gasteiger partial charge in [0.25, 0.3) is 0 Å². The van der Waals surface area contributed by atoms with Crippen LogP contribution in [-0.4, -0.2) is 26.3 Å². The van der Waals surface area contributed by atoms with Crippen LogP contribution in [0.1, 0.15) is 13.8 Å². The number of benzene rings is 1. The van der Waals surface area contributed by atoms with Crippen molar-refractivity contribution in [2.45, 2.75) is 13.8 Å². The van der Waals surface area contributed by atoms with Crippen molar-refractivity contribution >= 4 is 22.8 Å². The Labute approximate surface area is 137 Å². The molecule has 3 N–H and O–H groups in total. The molecule has 126 valence electrons. The summed E-state index contributed by atoms with van der Waals surface area (Å²) in [5.74, 6) is -0.964. The second kappa shape index (κ2) is 6.03. The van der Waals surface area contributed by atoms with Crippen molar-refractivity contribution in [2.24, 2.45) is 13.0 Å². The van der Waals surface area contributed by atoms with Gasteiger partial charge in [0.1, 0.15) is 5.82 Å². The minimum atomic E-state index is -0.976. The Bertz CT molecular complexity index is 903. The molecule has 0 aliphatic heterocycles. The van der Waals surface area contributed by atoms with Crippen LogP contribution in [0.2, 0.25) is 0 Å². The van der Waals surface area contributed by atoms with E-state index in [2.05, 4.69) is 20.4 Å². The summed E-state index contributed by atoms with van der Waals surface area (Å²) in [6.07, 6.45) is 0. The first-order valence-electron chi connectivity index (χ1n) is 7.57. The van der Waals surface area contributed by atoms with Gasteiger partial charge in [0.05, 0.1) is 11.1 Å². The van der Waals surface area contributed by atoms with Crippen LogP contribution in [0.3, 0.4) is 0 Å². The summed E-state index contributed by atoms with van der Waals surface area (Å²) in [7, 11) is 1.66. The molecule has 0 aliphatic rings. The number of anilines is 2. The molecule has 0 radical (unpaired) electrons. The Morgan fingerprint density at radius 2 is 2.00 bits per heavy atom. The van der Waals surface area contributed by atoms with Gasteiger partial charge in [-0.2, -0.15) is 10.1 Å². The van der Waals surface area contributed by atoms with Crippen LogP contribution in [0.5, 0.6) is 0 Å². The summed E-state index contributed by atoms with van der Waals surface area (Å²) in [6.45, 7) is 4.72. The molecule has 3 aromatic rings. The molecule has 6 nitrogen and oxygen atoms in total. The van der Waals surface area contributed by atoms with Gasteiger partial charge in [0.15, 0.2) is 17.3 Å². The zero-order valence-corrected chi connectivity index (χ0v) is 13.6. The van der Waals surface area contributed by atoms with Gasteiger partial charge in [-0.1, -0.05) is 19.9 Å². The van der Waals surface area contributed by atoms with Crippen molar-refractivity contribution in [1.82, 2.24) is 19.7 Å². The van der Waals surface area contributed by atoms with Crippen LogP contribution in [0.25, 0.3) is 22.3 Å². The molecule has 0 saturated heterocycles. The lowest BCUT2D eigenvalue weighted by molar-refractivity contribution is 0.511. The lowest BCUT2D eigenvalue weighted by atomic mass is 10.1. The van der Waals surface area contributed by atoms with E-state index >= 15 is 0 Å². The topological polar surface area (TPSA) is 81.6 Å². The standard InChI is InChI=1S/C16H18F2N6/c1-8(2)7-20-16-21-13(9-5-4-6-10(17)12(9)18)11-14(19)24(3)23-15(11)22-16/h4-6,8H,7,19H2,1-3H3,(H,20,22,23). The smallest absolute Gasteiger partial charge is 0.225 e. The number of fused-ring (bicyclic) bond motifs is 1. The lowest BCUT2D eigenvalue weighted by Gasteiger charge is -2.10. The van der Waals surface area contributed by atoms with Gasteiger partial charge in [-0.15, -0.1) is 0 Å². The summed E-state index contributed by atoms with van der Waals surface area (Å²) in [4.78, 5) is 8.67. The number of nitrogens with zero attached hydrogens (tertiary/aromatic N) is 4. The molecule has 0 saturated carbocycles. The van der Waals surface area contributed by atoms with Gasteiger partial charge in [-0.25, -0.2) is 13.8 Å². The Morgan fingerprint density at radius 1 is 1.25 bits per heavy atom. The van der Waals surface area contributed by atoms with E-state index in [1.54, 1.807) is 7.05 Å². The number of aromatic nitrogens is 4. The number of nitrogens with one attached hydrogen (secondary N) is 1.